The van der Waals surface area contributed by atoms with Crippen LogP contribution in [0.5, 0.6) is 0 Å². The molecule has 0 spiro atoms. The zero-order valence-electron chi connectivity index (χ0n) is 12.4. The van der Waals surface area contributed by atoms with Gasteiger partial charge in [0, 0.05) is 12.6 Å². The molecule has 1 rings (SSSR count). The van der Waals surface area contributed by atoms with Crippen molar-refractivity contribution in [2.45, 2.75) is 71.9 Å². The minimum atomic E-state index is 0.115. The first-order valence-corrected chi connectivity index (χ1v) is 7.39. The van der Waals surface area contributed by atoms with Crippen molar-refractivity contribution in [3.8, 4) is 0 Å². The summed E-state index contributed by atoms with van der Waals surface area (Å²) in [5, 5.41) is 3.74. The summed E-state index contributed by atoms with van der Waals surface area (Å²) in [6.07, 6.45) is 4.78. The summed E-state index contributed by atoms with van der Waals surface area (Å²) in [5.41, 5.74) is 0.115. The van der Waals surface area contributed by atoms with Gasteiger partial charge in [-0.1, -0.05) is 27.7 Å². The van der Waals surface area contributed by atoms with Gasteiger partial charge in [-0.3, -0.25) is 0 Å². The van der Waals surface area contributed by atoms with E-state index in [9.17, 15) is 0 Å². The molecule has 102 valence electrons. The second kappa shape index (κ2) is 6.75. The molecule has 1 fully saturated rings. The van der Waals surface area contributed by atoms with Crippen molar-refractivity contribution >= 4 is 0 Å². The molecule has 0 aliphatic carbocycles. The Hall–Kier alpha value is -0.0800. The smallest absolute Gasteiger partial charge is 0.0655 e. The van der Waals surface area contributed by atoms with E-state index in [2.05, 4.69) is 39.9 Å². The molecule has 1 aliphatic rings. The van der Waals surface area contributed by atoms with Crippen molar-refractivity contribution in [1.82, 2.24) is 5.32 Å². The third-order valence-corrected chi connectivity index (χ3v) is 4.24. The van der Waals surface area contributed by atoms with Crippen molar-refractivity contribution in [3.63, 3.8) is 0 Å². The number of hydrogen-bond acceptors (Lipinski definition) is 2. The topological polar surface area (TPSA) is 21.3 Å². The fourth-order valence-electron chi connectivity index (χ4n) is 2.98. The lowest BCUT2D eigenvalue weighted by atomic mass is 9.78. The van der Waals surface area contributed by atoms with E-state index < -0.39 is 0 Å². The Morgan fingerprint density at radius 3 is 2.59 bits per heavy atom. The van der Waals surface area contributed by atoms with Gasteiger partial charge >= 0.3 is 0 Å². The molecule has 17 heavy (non-hydrogen) atoms. The minimum Gasteiger partial charge on any atom is -0.375 e. The fourth-order valence-corrected chi connectivity index (χ4v) is 2.98. The Labute approximate surface area is 108 Å². The zero-order valence-corrected chi connectivity index (χ0v) is 12.4. The van der Waals surface area contributed by atoms with E-state index in [0.717, 1.165) is 25.5 Å². The maximum atomic E-state index is 5.95. The highest BCUT2D eigenvalue weighted by Crippen LogP contribution is 2.35. The predicted octanol–water partition coefficient (Wildman–Crippen LogP) is 3.61. The molecule has 0 radical (unpaired) electrons. The second-order valence-corrected chi connectivity index (χ2v) is 6.13. The lowest BCUT2D eigenvalue weighted by Gasteiger charge is -2.42. The van der Waals surface area contributed by atoms with Crippen LogP contribution in [-0.2, 0) is 4.74 Å². The lowest BCUT2D eigenvalue weighted by Crippen LogP contribution is -2.47. The van der Waals surface area contributed by atoms with Gasteiger partial charge in [-0.15, -0.1) is 0 Å². The molecule has 1 N–H and O–H groups in total. The quantitative estimate of drug-likeness (QED) is 0.767. The van der Waals surface area contributed by atoms with Crippen LogP contribution in [0.4, 0.5) is 0 Å². The molecule has 2 nitrogen and oxygen atoms in total. The molecule has 0 aromatic carbocycles. The van der Waals surface area contributed by atoms with Crippen molar-refractivity contribution in [2.75, 3.05) is 13.2 Å². The Bertz CT molecular complexity index is 217. The van der Waals surface area contributed by atoms with Gasteiger partial charge in [0.25, 0.3) is 0 Å². The van der Waals surface area contributed by atoms with Crippen LogP contribution >= 0.6 is 0 Å². The van der Waals surface area contributed by atoms with Crippen molar-refractivity contribution < 1.29 is 4.74 Å². The number of nitrogens with one attached hydrogen (secondary N) is 1. The average molecular weight is 241 g/mol. The minimum absolute atomic E-state index is 0.115. The molecule has 1 aliphatic heterocycles. The Balaban J connectivity index is 2.60. The molecular formula is C15H31NO. The van der Waals surface area contributed by atoms with Crippen LogP contribution in [0.2, 0.25) is 0 Å². The van der Waals surface area contributed by atoms with Crippen LogP contribution in [0, 0.1) is 11.8 Å². The molecule has 2 heteroatoms. The van der Waals surface area contributed by atoms with E-state index in [0.29, 0.717) is 12.0 Å². The molecular weight excluding hydrogens is 210 g/mol. The first kappa shape index (κ1) is 15.0. The van der Waals surface area contributed by atoms with E-state index in [-0.39, 0.29) is 5.60 Å². The Kier molecular flexibility index (Phi) is 5.94. The first-order chi connectivity index (χ1) is 8.02. The summed E-state index contributed by atoms with van der Waals surface area (Å²) in [4.78, 5) is 0. The number of hydrogen-bond donors (Lipinski definition) is 1. The van der Waals surface area contributed by atoms with Gasteiger partial charge in [0.15, 0.2) is 0 Å². The summed E-state index contributed by atoms with van der Waals surface area (Å²) in [6, 6.07) is 0.657. The third-order valence-electron chi connectivity index (χ3n) is 4.24. The highest BCUT2D eigenvalue weighted by molar-refractivity contribution is 4.89. The van der Waals surface area contributed by atoms with Gasteiger partial charge < -0.3 is 10.1 Å². The molecule has 1 heterocycles. The van der Waals surface area contributed by atoms with E-state index in [1.807, 2.05) is 0 Å². The maximum absolute atomic E-state index is 5.95. The van der Waals surface area contributed by atoms with Crippen LogP contribution < -0.4 is 5.32 Å². The average Bonchev–Trinajstić information content (AvgIpc) is 2.29. The van der Waals surface area contributed by atoms with Crippen molar-refractivity contribution in [3.05, 3.63) is 0 Å². The van der Waals surface area contributed by atoms with E-state index in [1.54, 1.807) is 0 Å². The normalized spacial score (nSPS) is 31.8. The van der Waals surface area contributed by atoms with E-state index in [4.69, 9.17) is 4.74 Å². The Morgan fingerprint density at radius 2 is 2.06 bits per heavy atom. The highest BCUT2D eigenvalue weighted by atomic mass is 16.5. The third kappa shape index (κ3) is 4.26. The number of rotatable bonds is 6. The van der Waals surface area contributed by atoms with Gasteiger partial charge in [0.2, 0.25) is 0 Å². The summed E-state index contributed by atoms with van der Waals surface area (Å²) < 4.78 is 5.95. The van der Waals surface area contributed by atoms with Crippen LogP contribution in [-0.4, -0.2) is 24.8 Å². The van der Waals surface area contributed by atoms with Gasteiger partial charge in [0.05, 0.1) is 5.60 Å². The lowest BCUT2D eigenvalue weighted by molar-refractivity contribution is -0.0948. The standard InChI is InChI=1S/C15H31NO/c1-6-9-16-14(12(3)4)13-8-10-17-15(5,7-2)11-13/h12-14,16H,6-11H2,1-5H3. The molecule has 0 aromatic rings. The van der Waals surface area contributed by atoms with Crippen LogP contribution in [0.3, 0.4) is 0 Å². The number of ether oxygens (including phenoxy) is 1. The summed E-state index contributed by atoms with van der Waals surface area (Å²) in [7, 11) is 0. The van der Waals surface area contributed by atoms with Gasteiger partial charge in [-0.25, -0.2) is 0 Å². The van der Waals surface area contributed by atoms with Gasteiger partial charge in [0.1, 0.15) is 0 Å². The zero-order chi connectivity index (χ0) is 12.9. The van der Waals surface area contributed by atoms with E-state index in [1.165, 1.54) is 19.3 Å². The molecule has 0 bridgehead atoms. The maximum Gasteiger partial charge on any atom is 0.0655 e. The van der Waals surface area contributed by atoms with Gasteiger partial charge in [-0.2, -0.15) is 0 Å². The van der Waals surface area contributed by atoms with Crippen molar-refractivity contribution in [2.24, 2.45) is 11.8 Å². The molecule has 0 saturated carbocycles. The van der Waals surface area contributed by atoms with Crippen LogP contribution in [0.25, 0.3) is 0 Å². The monoisotopic (exact) mass is 241 g/mol. The Morgan fingerprint density at radius 1 is 1.35 bits per heavy atom. The van der Waals surface area contributed by atoms with Crippen LogP contribution in [0.15, 0.2) is 0 Å². The fraction of sp³-hybridized carbons (Fsp3) is 1.00. The van der Waals surface area contributed by atoms with E-state index >= 15 is 0 Å². The largest absolute Gasteiger partial charge is 0.375 e. The molecule has 3 atom stereocenters. The molecule has 1 saturated heterocycles. The second-order valence-electron chi connectivity index (χ2n) is 6.13. The van der Waals surface area contributed by atoms with Gasteiger partial charge in [-0.05, 0) is 51.0 Å². The SMILES string of the molecule is CCCNC(C(C)C)C1CCOC(C)(CC)C1. The summed E-state index contributed by atoms with van der Waals surface area (Å²) >= 11 is 0. The predicted molar refractivity (Wildman–Crippen MR) is 74.3 cm³/mol. The molecule has 0 aromatic heterocycles. The molecule has 3 unspecified atom stereocenters. The van der Waals surface area contributed by atoms with Crippen molar-refractivity contribution in [1.29, 1.82) is 0 Å². The first-order valence-electron chi connectivity index (χ1n) is 7.39. The van der Waals surface area contributed by atoms with Crippen LogP contribution in [0.1, 0.15) is 60.3 Å². The summed E-state index contributed by atoms with van der Waals surface area (Å²) in [6.45, 7) is 13.5. The highest BCUT2D eigenvalue weighted by Gasteiger charge is 2.36. The summed E-state index contributed by atoms with van der Waals surface area (Å²) in [5.74, 6) is 1.49. The molecule has 0 amide bonds.